The number of ether oxygens (including phenoxy) is 2. The van der Waals surface area contributed by atoms with Gasteiger partial charge in [-0.25, -0.2) is 24.9 Å². The number of hydrogen-bond donors (Lipinski definition) is 4. The predicted octanol–water partition coefficient (Wildman–Crippen LogP) is 6.66. The number of benzene rings is 2. The van der Waals surface area contributed by atoms with Gasteiger partial charge in [0.15, 0.2) is 11.0 Å². The minimum atomic E-state index is -4.48. The Balaban J connectivity index is 0.000000190. The van der Waals surface area contributed by atoms with Gasteiger partial charge in [-0.15, -0.1) is 0 Å². The van der Waals surface area contributed by atoms with Crippen molar-refractivity contribution in [2.24, 2.45) is 21.5 Å². The average Bonchev–Trinajstić information content (AvgIpc) is 3.68. The molecule has 16 heteroatoms. The van der Waals surface area contributed by atoms with Gasteiger partial charge in [-0.2, -0.15) is 13.2 Å². The molecule has 4 heterocycles. The lowest BCUT2D eigenvalue weighted by molar-refractivity contribution is -0.137. The van der Waals surface area contributed by atoms with E-state index in [-0.39, 0.29) is 29.1 Å². The van der Waals surface area contributed by atoms with E-state index >= 15 is 0 Å². The highest BCUT2D eigenvalue weighted by atomic mass is 35.5. The highest BCUT2D eigenvalue weighted by molar-refractivity contribution is 6.31. The summed E-state index contributed by atoms with van der Waals surface area (Å²) in [6.07, 6.45) is 2.11. The number of nitrogens with one attached hydrogen (secondary N) is 2. The Bertz CT molecular complexity index is 1740. The minimum Gasteiger partial charge on any atom is -0.463 e. The highest BCUT2D eigenvalue weighted by Crippen LogP contribution is 2.32. The number of aliphatic imine (C=N–C) groups is 2. The maximum atomic E-state index is 12.8. The molecule has 0 bridgehead atoms. The van der Waals surface area contributed by atoms with Crippen LogP contribution in [0.3, 0.4) is 0 Å². The first-order valence-electron chi connectivity index (χ1n) is 14.9. The van der Waals surface area contributed by atoms with Crippen molar-refractivity contribution < 1.29 is 22.6 Å². The number of anilines is 4. The molecular weight excluding hydrogens is 670 g/mol. The van der Waals surface area contributed by atoms with E-state index < -0.39 is 11.7 Å². The van der Waals surface area contributed by atoms with Crippen molar-refractivity contribution in [2.45, 2.75) is 43.9 Å². The molecule has 0 saturated heterocycles. The van der Waals surface area contributed by atoms with Gasteiger partial charge in [-0.3, -0.25) is 0 Å². The van der Waals surface area contributed by atoms with Crippen LogP contribution in [0.15, 0.2) is 83.0 Å². The van der Waals surface area contributed by atoms with Gasteiger partial charge in [-0.05, 0) is 73.2 Å². The van der Waals surface area contributed by atoms with Crippen molar-refractivity contribution in [3.63, 3.8) is 0 Å². The van der Waals surface area contributed by atoms with E-state index in [4.69, 9.17) is 44.1 Å². The van der Waals surface area contributed by atoms with Crippen LogP contribution < -0.4 is 22.1 Å². The van der Waals surface area contributed by atoms with Gasteiger partial charge in [0.2, 0.25) is 0 Å². The quantitative estimate of drug-likeness (QED) is 0.133. The fourth-order valence-corrected chi connectivity index (χ4v) is 5.12. The van der Waals surface area contributed by atoms with E-state index in [1.807, 2.05) is 24.3 Å². The molecule has 2 atom stereocenters. The van der Waals surface area contributed by atoms with E-state index in [2.05, 4.69) is 47.7 Å². The van der Waals surface area contributed by atoms with Gasteiger partial charge in [-0.1, -0.05) is 47.5 Å². The molecule has 0 aliphatic carbocycles. The molecule has 2 aliphatic rings. The van der Waals surface area contributed by atoms with Crippen LogP contribution in [0.1, 0.15) is 29.5 Å². The first kappa shape index (κ1) is 34.5. The average molecular weight is 703 g/mol. The first-order valence-corrected chi connectivity index (χ1v) is 15.6. The molecule has 0 fully saturated rings. The second-order valence-corrected chi connectivity index (χ2v) is 11.6. The van der Waals surface area contributed by atoms with Crippen molar-refractivity contribution in [2.75, 3.05) is 23.8 Å². The van der Waals surface area contributed by atoms with Crippen LogP contribution in [-0.4, -0.2) is 52.3 Å². The lowest BCUT2D eigenvalue weighted by Crippen LogP contribution is -2.10. The SMILES string of the molecule is NC1=N[C@@H](CCc2ccc(Nc3cc(C(F)(F)F)cc(Cl)n3)cc2)CO1.NC1=N[C@@H](CCc2ccc(Nc3nccnc3Cl)cc2)CO1. The van der Waals surface area contributed by atoms with E-state index in [0.717, 1.165) is 49.1 Å². The third-order valence-electron chi connectivity index (χ3n) is 7.22. The molecule has 2 aliphatic heterocycles. The van der Waals surface area contributed by atoms with Crippen LogP contribution >= 0.6 is 23.2 Å². The monoisotopic (exact) mass is 701 g/mol. The fraction of sp³-hybridized carbons (Fsp3) is 0.281. The normalized spacial score (nSPS) is 16.9. The molecule has 0 unspecified atom stereocenters. The van der Waals surface area contributed by atoms with Crippen LogP contribution in [0.2, 0.25) is 10.3 Å². The maximum Gasteiger partial charge on any atom is 0.416 e. The fourth-order valence-electron chi connectivity index (χ4n) is 4.76. The van der Waals surface area contributed by atoms with Gasteiger partial charge < -0.3 is 31.6 Å². The summed E-state index contributed by atoms with van der Waals surface area (Å²) in [7, 11) is 0. The van der Waals surface area contributed by atoms with Crippen molar-refractivity contribution in [3.05, 3.63) is 100 Å². The smallest absolute Gasteiger partial charge is 0.416 e. The summed E-state index contributed by atoms with van der Waals surface area (Å²) in [6.45, 7) is 1.07. The first-order chi connectivity index (χ1) is 23.0. The maximum absolute atomic E-state index is 12.8. The Morgan fingerprint density at radius 1 is 0.750 bits per heavy atom. The molecule has 0 amide bonds. The standard InChI is InChI=1S/C17H16ClF3N4O.C15H16ClN5O/c18-14-7-11(17(19,20)21)8-15(25-14)23-12-4-1-10(2-5-12)3-6-13-9-26-16(22)24-13;16-13-14(19-8-7-18-13)20-11-4-1-10(2-5-11)3-6-12-9-22-15(17)21-12/h1-2,4-5,7-8,13H,3,6,9H2,(H2,22,24)(H,23,25);1-2,4-5,7-8,12H,3,6,9H2,(H2,17,21)(H,19,20)/t13-;12-/m00/s1. The van der Waals surface area contributed by atoms with Crippen molar-refractivity contribution >= 4 is 58.3 Å². The summed E-state index contributed by atoms with van der Waals surface area (Å²) in [4.78, 5) is 20.4. The number of rotatable bonds is 10. The molecule has 0 saturated carbocycles. The third-order valence-corrected chi connectivity index (χ3v) is 7.69. The van der Waals surface area contributed by atoms with Crippen LogP contribution in [0.4, 0.5) is 36.2 Å². The number of amidine groups is 2. The highest BCUT2D eigenvalue weighted by Gasteiger charge is 2.31. The second-order valence-electron chi connectivity index (χ2n) is 10.8. The molecule has 2 aromatic heterocycles. The minimum absolute atomic E-state index is 0.0329. The Morgan fingerprint density at radius 3 is 1.75 bits per heavy atom. The zero-order valence-corrected chi connectivity index (χ0v) is 26.9. The zero-order valence-electron chi connectivity index (χ0n) is 25.4. The Kier molecular flexibility index (Phi) is 11.4. The lowest BCUT2D eigenvalue weighted by Gasteiger charge is -2.11. The van der Waals surface area contributed by atoms with Crippen molar-refractivity contribution in [3.8, 4) is 0 Å². The summed E-state index contributed by atoms with van der Waals surface area (Å²) in [5.74, 6) is 0.579. The van der Waals surface area contributed by atoms with E-state index in [1.54, 1.807) is 24.5 Å². The molecule has 0 radical (unpaired) electrons. The number of nitrogens with zero attached hydrogens (tertiary/aromatic N) is 5. The van der Waals surface area contributed by atoms with Gasteiger partial charge in [0.25, 0.3) is 12.0 Å². The molecule has 2 aromatic carbocycles. The Labute approximate surface area is 284 Å². The lowest BCUT2D eigenvalue weighted by atomic mass is 10.1. The van der Waals surface area contributed by atoms with Crippen LogP contribution in [0.5, 0.6) is 0 Å². The molecule has 11 nitrogen and oxygen atoms in total. The molecular formula is C32H32Cl2F3N9O2. The number of hydrogen-bond acceptors (Lipinski definition) is 11. The van der Waals surface area contributed by atoms with Crippen molar-refractivity contribution in [1.82, 2.24) is 15.0 Å². The summed E-state index contributed by atoms with van der Waals surface area (Å²) in [5.41, 5.74) is 14.0. The van der Waals surface area contributed by atoms with Crippen LogP contribution in [0, 0.1) is 0 Å². The van der Waals surface area contributed by atoms with Crippen molar-refractivity contribution in [1.29, 1.82) is 0 Å². The Morgan fingerprint density at radius 2 is 1.27 bits per heavy atom. The molecule has 48 heavy (non-hydrogen) atoms. The third kappa shape index (κ3) is 10.3. The molecule has 6 rings (SSSR count). The predicted molar refractivity (Wildman–Crippen MR) is 180 cm³/mol. The number of aromatic nitrogens is 3. The zero-order chi connectivity index (χ0) is 34.1. The van der Waals surface area contributed by atoms with E-state index in [0.29, 0.717) is 35.9 Å². The number of halogens is 5. The van der Waals surface area contributed by atoms with Gasteiger partial charge in [0, 0.05) is 23.8 Å². The second kappa shape index (κ2) is 15.8. The van der Waals surface area contributed by atoms with Gasteiger partial charge in [0.05, 0.1) is 17.6 Å². The van der Waals surface area contributed by atoms with Gasteiger partial charge >= 0.3 is 6.18 Å². The number of alkyl halides is 3. The summed E-state index contributed by atoms with van der Waals surface area (Å²) in [5, 5.41) is 6.10. The topological polar surface area (TPSA) is 158 Å². The molecule has 0 spiro atoms. The summed E-state index contributed by atoms with van der Waals surface area (Å²) >= 11 is 11.6. The largest absolute Gasteiger partial charge is 0.463 e. The number of pyridine rings is 1. The Hall–Kier alpha value is -4.82. The van der Waals surface area contributed by atoms with Crippen LogP contribution in [-0.2, 0) is 28.5 Å². The van der Waals surface area contributed by atoms with E-state index in [9.17, 15) is 13.2 Å². The summed E-state index contributed by atoms with van der Waals surface area (Å²) < 4.78 is 48.8. The van der Waals surface area contributed by atoms with Crippen LogP contribution in [0.25, 0.3) is 0 Å². The molecule has 252 valence electrons. The van der Waals surface area contributed by atoms with E-state index in [1.165, 1.54) is 5.56 Å². The molecule has 6 N–H and O–H groups in total. The summed E-state index contributed by atoms with van der Waals surface area (Å²) in [6, 6.07) is 17.9. The molecule has 4 aromatic rings. The van der Waals surface area contributed by atoms with Gasteiger partial charge in [0.1, 0.15) is 24.2 Å². The number of aryl methyl sites for hydroxylation is 2. The number of nitrogens with two attached hydrogens (primary N) is 2.